The van der Waals surface area contributed by atoms with Crippen LogP contribution in [0.2, 0.25) is 0 Å². The highest BCUT2D eigenvalue weighted by atomic mass is 16.5. The average Bonchev–Trinajstić information content (AvgIpc) is 2.47. The normalized spacial score (nSPS) is 17.9. The van der Waals surface area contributed by atoms with Crippen LogP contribution >= 0.6 is 0 Å². The van der Waals surface area contributed by atoms with E-state index >= 15 is 0 Å². The first-order valence-electron chi connectivity index (χ1n) is 8.13. The van der Waals surface area contributed by atoms with Crippen LogP contribution in [0, 0.1) is 11.3 Å². The Morgan fingerprint density at radius 2 is 1.76 bits per heavy atom. The summed E-state index contributed by atoms with van der Waals surface area (Å²) < 4.78 is 5.82. The van der Waals surface area contributed by atoms with Crippen molar-refractivity contribution in [2.24, 2.45) is 17.1 Å². The van der Waals surface area contributed by atoms with Gasteiger partial charge in [-0.3, -0.25) is 4.90 Å². The zero-order chi connectivity index (χ0) is 15.3. The number of hydrogen-bond acceptors (Lipinski definition) is 3. The molecule has 3 heteroatoms. The van der Waals surface area contributed by atoms with Crippen LogP contribution in [0.3, 0.4) is 0 Å². The van der Waals surface area contributed by atoms with Crippen molar-refractivity contribution >= 4 is 0 Å². The summed E-state index contributed by atoms with van der Waals surface area (Å²) in [4.78, 5) is 2.52. The molecular weight excluding hydrogens is 260 g/mol. The third-order valence-electron chi connectivity index (χ3n) is 4.65. The van der Waals surface area contributed by atoms with Gasteiger partial charge in [-0.25, -0.2) is 0 Å². The zero-order valence-electron chi connectivity index (χ0n) is 13.8. The molecular formula is C18H30N2O. The van der Waals surface area contributed by atoms with Crippen molar-refractivity contribution in [3.8, 4) is 5.75 Å². The Labute approximate surface area is 129 Å². The van der Waals surface area contributed by atoms with Crippen molar-refractivity contribution in [2.75, 3.05) is 26.2 Å². The van der Waals surface area contributed by atoms with Gasteiger partial charge in [0.05, 0.1) is 0 Å². The Morgan fingerprint density at radius 3 is 2.29 bits per heavy atom. The number of benzene rings is 1. The predicted octanol–water partition coefficient (Wildman–Crippen LogP) is 3.28. The summed E-state index contributed by atoms with van der Waals surface area (Å²) in [6.45, 7) is 11.9. The molecule has 3 nitrogen and oxygen atoms in total. The van der Waals surface area contributed by atoms with Crippen LogP contribution in [0.5, 0.6) is 5.75 Å². The topological polar surface area (TPSA) is 38.5 Å². The molecule has 0 radical (unpaired) electrons. The van der Waals surface area contributed by atoms with Crippen LogP contribution in [-0.2, 0) is 6.54 Å². The van der Waals surface area contributed by atoms with Crippen molar-refractivity contribution in [3.05, 3.63) is 29.8 Å². The van der Waals surface area contributed by atoms with Crippen LogP contribution in [0.15, 0.2) is 24.3 Å². The highest BCUT2D eigenvalue weighted by Gasteiger charge is 2.28. The summed E-state index contributed by atoms with van der Waals surface area (Å²) in [5.74, 6) is 1.80. The Balaban J connectivity index is 1.68. The number of rotatable bonds is 5. The average molecular weight is 290 g/mol. The van der Waals surface area contributed by atoms with Crippen LogP contribution in [-0.4, -0.2) is 31.1 Å². The number of nitrogens with two attached hydrogens (primary N) is 1. The number of nitrogens with zero attached hydrogens (tertiary/aromatic N) is 1. The van der Waals surface area contributed by atoms with Crippen LogP contribution < -0.4 is 10.5 Å². The SMILES string of the molecule is CC(C)(C)C1CCN(CCOc2ccc(CN)cc2)CC1. The van der Waals surface area contributed by atoms with Crippen molar-refractivity contribution in [2.45, 2.75) is 40.2 Å². The number of hydrogen-bond donors (Lipinski definition) is 1. The van der Waals surface area contributed by atoms with Gasteiger partial charge in [-0.2, -0.15) is 0 Å². The molecule has 1 aromatic carbocycles. The molecule has 21 heavy (non-hydrogen) atoms. The standard InChI is InChI=1S/C18H30N2O/c1-18(2,3)16-8-10-20(11-9-16)12-13-21-17-6-4-15(14-19)5-7-17/h4-7,16H,8-14,19H2,1-3H3. The monoisotopic (exact) mass is 290 g/mol. The first kappa shape index (κ1) is 16.3. The summed E-state index contributed by atoms with van der Waals surface area (Å²) in [6, 6.07) is 8.08. The first-order chi connectivity index (χ1) is 9.99. The van der Waals surface area contributed by atoms with Gasteiger partial charge in [-0.15, -0.1) is 0 Å². The number of piperidine rings is 1. The Kier molecular flexibility index (Phi) is 5.65. The first-order valence-corrected chi connectivity index (χ1v) is 8.13. The molecule has 0 amide bonds. The Morgan fingerprint density at radius 1 is 1.14 bits per heavy atom. The molecule has 0 spiro atoms. The van der Waals surface area contributed by atoms with Crippen molar-refractivity contribution in [3.63, 3.8) is 0 Å². The van der Waals surface area contributed by atoms with Gasteiger partial charge in [0.15, 0.2) is 0 Å². The van der Waals surface area contributed by atoms with Gasteiger partial charge in [0, 0.05) is 13.1 Å². The maximum Gasteiger partial charge on any atom is 0.119 e. The number of ether oxygens (including phenoxy) is 1. The van der Waals surface area contributed by atoms with Crippen LogP contribution in [0.4, 0.5) is 0 Å². The lowest BCUT2D eigenvalue weighted by molar-refractivity contribution is 0.101. The van der Waals surface area contributed by atoms with Crippen LogP contribution in [0.1, 0.15) is 39.2 Å². The van der Waals surface area contributed by atoms with Crippen LogP contribution in [0.25, 0.3) is 0 Å². The summed E-state index contributed by atoms with van der Waals surface area (Å²) >= 11 is 0. The molecule has 1 fully saturated rings. The third kappa shape index (κ3) is 5.01. The van der Waals surface area contributed by atoms with E-state index in [1.54, 1.807) is 0 Å². The molecule has 1 heterocycles. The van der Waals surface area contributed by atoms with E-state index in [1.807, 2.05) is 24.3 Å². The molecule has 1 aromatic rings. The Hall–Kier alpha value is -1.06. The second-order valence-electron chi connectivity index (χ2n) is 7.18. The molecule has 0 aliphatic carbocycles. The van der Waals surface area contributed by atoms with Gasteiger partial charge in [-0.1, -0.05) is 32.9 Å². The Bertz CT molecular complexity index is 414. The minimum Gasteiger partial charge on any atom is -0.492 e. The molecule has 2 N–H and O–H groups in total. The molecule has 0 unspecified atom stereocenters. The fourth-order valence-corrected chi connectivity index (χ4v) is 3.04. The highest BCUT2D eigenvalue weighted by molar-refractivity contribution is 5.27. The summed E-state index contributed by atoms with van der Waals surface area (Å²) in [5, 5.41) is 0. The van der Waals surface area contributed by atoms with E-state index in [1.165, 1.54) is 25.9 Å². The fourth-order valence-electron chi connectivity index (χ4n) is 3.04. The van der Waals surface area contributed by atoms with Gasteiger partial charge in [0.2, 0.25) is 0 Å². The minimum atomic E-state index is 0.452. The van der Waals surface area contributed by atoms with Gasteiger partial charge in [0.1, 0.15) is 12.4 Å². The predicted molar refractivity (Wildman–Crippen MR) is 88.4 cm³/mol. The fraction of sp³-hybridized carbons (Fsp3) is 0.667. The van der Waals surface area contributed by atoms with E-state index in [-0.39, 0.29) is 0 Å². The molecule has 1 saturated heterocycles. The molecule has 1 aliphatic rings. The molecule has 118 valence electrons. The molecule has 0 bridgehead atoms. The lowest BCUT2D eigenvalue weighted by atomic mass is 9.75. The van der Waals surface area contributed by atoms with E-state index in [0.29, 0.717) is 12.0 Å². The molecule has 0 saturated carbocycles. The second kappa shape index (κ2) is 7.28. The summed E-state index contributed by atoms with van der Waals surface area (Å²) in [7, 11) is 0. The largest absolute Gasteiger partial charge is 0.492 e. The smallest absolute Gasteiger partial charge is 0.119 e. The van der Waals surface area contributed by atoms with E-state index in [4.69, 9.17) is 10.5 Å². The summed E-state index contributed by atoms with van der Waals surface area (Å²) in [5.41, 5.74) is 7.19. The van der Waals surface area contributed by atoms with E-state index < -0.39 is 0 Å². The van der Waals surface area contributed by atoms with Crippen molar-refractivity contribution in [1.82, 2.24) is 4.90 Å². The minimum absolute atomic E-state index is 0.452. The second-order valence-corrected chi connectivity index (χ2v) is 7.18. The van der Waals surface area contributed by atoms with Gasteiger partial charge in [-0.05, 0) is 55.0 Å². The molecule has 1 aliphatic heterocycles. The van der Waals surface area contributed by atoms with Crippen molar-refractivity contribution in [1.29, 1.82) is 0 Å². The lowest BCUT2D eigenvalue weighted by Crippen LogP contribution is -2.39. The quantitative estimate of drug-likeness (QED) is 0.904. The lowest BCUT2D eigenvalue weighted by Gasteiger charge is -2.38. The van der Waals surface area contributed by atoms with E-state index in [9.17, 15) is 0 Å². The third-order valence-corrected chi connectivity index (χ3v) is 4.65. The van der Waals surface area contributed by atoms with E-state index in [2.05, 4.69) is 25.7 Å². The van der Waals surface area contributed by atoms with Crippen molar-refractivity contribution < 1.29 is 4.74 Å². The van der Waals surface area contributed by atoms with E-state index in [0.717, 1.165) is 30.4 Å². The molecule has 0 aromatic heterocycles. The molecule has 2 rings (SSSR count). The maximum atomic E-state index is 5.82. The zero-order valence-corrected chi connectivity index (χ0v) is 13.8. The van der Waals surface area contributed by atoms with Gasteiger partial charge < -0.3 is 10.5 Å². The highest BCUT2D eigenvalue weighted by Crippen LogP contribution is 2.34. The van der Waals surface area contributed by atoms with Gasteiger partial charge >= 0.3 is 0 Å². The maximum absolute atomic E-state index is 5.82. The van der Waals surface area contributed by atoms with Gasteiger partial charge in [0.25, 0.3) is 0 Å². The molecule has 0 atom stereocenters. The number of likely N-dealkylation sites (tertiary alicyclic amines) is 1. The summed E-state index contributed by atoms with van der Waals surface area (Å²) in [6.07, 6.45) is 2.63.